The molecule has 0 atom stereocenters. The highest BCUT2D eigenvalue weighted by molar-refractivity contribution is 6.41. The van der Waals surface area contributed by atoms with Crippen LogP contribution in [0.1, 0.15) is 10.5 Å². The minimum absolute atomic E-state index is 0.111. The number of aromatic amines is 1. The number of aromatic nitrogens is 1. The lowest BCUT2D eigenvalue weighted by molar-refractivity contribution is -0.142. The fourth-order valence-electron chi connectivity index (χ4n) is 1.02. The van der Waals surface area contributed by atoms with Crippen LogP contribution in [0, 0.1) is 0 Å². The van der Waals surface area contributed by atoms with Crippen molar-refractivity contribution < 1.29 is 19.4 Å². The predicted molar refractivity (Wildman–Crippen MR) is 61.6 cm³/mol. The van der Waals surface area contributed by atoms with E-state index in [9.17, 15) is 9.59 Å². The van der Waals surface area contributed by atoms with Gasteiger partial charge in [0.15, 0.2) is 0 Å². The van der Waals surface area contributed by atoms with Gasteiger partial charge in [-0.05, 0) is 6.07 Å². The maximum atomic E-state index is 11.5. The molecule has 6 nitrogen and oxygen atoms in total. The van der Waals surface area contributed by atoms with Crippen LogP contribution in [-0.2, 0) is 9.53 Å². The van der Waals surface area contributed by atoms with E-state index in [4.69, 9.17) is 33.0 Å². The Balaban J connectivity index is 2.28. The number of carboxylic acid groups (broad SMARTS) is 1. The molecule has 94 valence electrons. The number of halogens is 2. The van der Waals surface area contributed by atoms with Crippen molar-refractivity contribution in [3.8, 4) is 0 Å². The van der Waals surface area contributed by atoms with Gasteiger partial charge < -0.3 is 20.1 Å². The lowest BCUT2D eigenvalue weighted by Crippen LogP contribution is -2.28. The average molecular weight is 281 g/mol. The maximum Gasteiger partial charge on any atom is 0.329 e. The quantitative estimate of drug-likeness (QED) is 0.682. The number of carbonyl (C=O) groups excluding carboxylic acids is 1. The van der Waals surface area contributed by atoms with Crippen molar-refractivity contribution in [2.45, 2.75) is 0 Å². The van der Waals surface area contributed by atoms with Gasteiger partial charge in [0, 0.05) is 6.54 Å². The second-order valence-corrected chi connectivity index (χ2v) is 3.83. The zero-order valence-electron chi connectivity index (χ0n) is 8.63. The molecule has 17 heavy (non-hydrogen) atoms. The lowest BCUT2D eigenvalue weighted by Gasteiger charge is -2.03. The summed E-state index contributed by atoms with van der Waals surface area (Å²) >= 11 is 11.3. The summed E-state index contributed by atoms with van der Waals surface area (Å²) in [4.78, 5) is 24.2. The average Bonchev–Trinajstić information content (AvgIpc) is 2.58. The van der Waals surface area contributed by atoms with Crippen molar-refractivity contribution in [1.29, 1.82) is 0 Å². The van der Waals surface area contributed by atoms with E-state index in [0.29, 0.717) is 0 Å². The largest absolute Gasteiger partial charge is 0.480 e. The molecule has 1 heterocycles. The van der Waals surface area contributed by atoms with Crippen LogP contribution in [0.15, 0.2) is 6.07 Å². The van der Waals surface area contributed by atoms with Gasteiger partial charge >= 0.3 is 5.97 Å². The molecule has 0 saturated heterocycles. The van der Waals surface area contributed by atoms with Crippen LogP contribution in [0.3, 0.4) is 0 Å². The molecule has 0 saturated carbocycles. The highest BCUT2D eigenvalue weighted by Crippen LogP contribution is 2.21. The van der Waals surface area contributed by atoms with Crippen molar-refractivity contribution in [2.75, 3.05) is 19.8 Å². The summed E-state index contributed by atoms with van der Waals surface area (Å²) in [6, 6.07) is 1.40. The summed E-state index contributed by atoms with van der Waals surface area (Å²) in [6.45, 7) is -0.0867. The molecular weight excluding hydrogens is 271 g/mol. The monoisotopic (exact) mass is 280 g/mol. The Morgan fingerprint density at radius 3 is 2.71 bits per heavy atom. The van der Waals surface area contributed by atoms with E-state index in [0.717, 1.165) is 0 Å². The zero-order chi connectivity index (χ0) is 12.8. The minimum atomic E-state index is -1.06. The van der Waals surface area contributed by atoms with Gasteiger partial charge in [0.25, 0.3) is 5.91 Å². The summed E-state index contributed by atoms with van der Waals surface area (Å²) in [5.41, 5.74) is 0.234. The number of hydrogen-bond acceptors (Lipinski definition) is 3. The molecule has 0 aromatic carbocycles. The molecule has 1 aromatic rings. The summed E-state index contributed by atoms with van der Waals surface area (Å²) < 4.78 is 4.73. The topological polar surface area (TPSA) is 91.4 Å². The molecule has 0 spiro atoms. The minimum Gasteiger partial charge on any atom is -0.480 e. The van der Waals surface area contributed by atoms with E-state index in [2.05, 4.69) is 10.3 Å². The molecule has 0 radical (unpaired) electrons. The number of carboxylic acids is 1. The fraction of sp³-hybridized carbons (Fsp3) is 0.333. The molecule has 0 aliphatic rings. The van der Waals surface area contributed by atoms with Gasteiger partial charge in [-0.1, -0.05) is 23.2 Å². The van der Waals surface area contributed by atoms with Crippen LogP contribution in [0.25, 0.3) is 0 Å². The van der Waals surface area contributed by atoms with Crippen LogP contribution < -0.4 is 5.32 Å². The predicted octanol–water partition coefficient (Wildman–Crippen LogP) is 1.15. The third-order valence-electron chi connectivity index (χ3n) is 1.73. The fourth-order valence-corrected chi connectivity index (χ4v) is 1.33. The Morgan fingerprint density at radius 2 is 2.18 bits per heavy atom. The van der Waals surface area contributed by atoms with Crippen LogP contribution >= 0.6 is 23.2 Å². The first-order valence-corrected chi connectivity index (χ1v) is 5.38. The molecule has 1 amide bonds. The first-order chi connectivity index (χ1) is 8.00. The van der Waals surface area contributed by atoms with E-state index in [1.54, 1.807) is 0 Å². The third-order valence-corrected chi connectivity index (χ3v) is 2.42. The van der Waals surface area contributed by atoms with Gasteiger partial charge in [0.2, 0.25) is 0 Å². The molecule has 0 aliphatic carbocycles. The van der Waals surface area contributed by atoms with Gasteiger partial charge in [0.05, 0.1) is 11.6 Å². The first-order valence-electron chi connectivity index (χ1n) is 4.62. The Labute approximate surface area is 107 Å². The highest BCUT2D eigenvalue weighted by Gasteiger charge is 2.10. The molecule has 0 aliphatic heterocycles. The molecule has 0 unspecified atom stereocenters. The molecule has 1 aromatic heterocycles. The summed E-state index contributed by atoms with van der Waals surface area (Å²) in [7, 11) is 0. The zero-order valence-corrected chi connectivity index (χ0v) is 10.1. The smallest absolute Gasteiger partial charge is 0.329 e. The number of carbonyl (C=O) groups is 2. The van der Waals surface area contributed by atoms with Gasteiger partial charge in [-0.3, -0.25) is 4.79 Å². The van der Waals surface area contributed by atoms with Crippen LogP contribution in [0.2, 0.25) is 10.2 Å². The SMILES string of the molecule is O=C(O)COCCNC(=O)c1cc(Cl)c(Cl)[nH]1. The number of nitrogens with one attached hydrogen (secondary N) is 2. The second-order valence-electron chi connectivity index (χ2n) is 3.05. The number of hydrogen-bond donors (Lipinski definition) is 3. The Morgan fingerprint density at radius 1 is 1.47 bits per heavy atom. The van der Waals surface area contributed by atoms with Crippen LogP contribution in [-0.4, -0.2) is 41.7 Å². The van der Waals surface area contributed by atoms with Crippen molar-refractivity contribution in [3.05, 3.63) is 21.9 Å². The van der Waals surface area contributed by atoms with E-state index < -0.39 is 18.5 Å². The number of amides is 1. The molecule has 8 heteroatoms. The first kappa shape index (κ1) is 13.8. The Kier molecular flexibility index (Phi) is 5.27. The van der Waals surface area contributed by atoms with Gasteiger partial charge in [-0.25, -0.2) is 4.79 Å². The van der Waals surface area contributed by atoms with E-state index in [1.807, 2.05) is 0 Å². The Hall–Kier alpha value is -1.24. The molecule has 3 N–H and O–H groups in total. The van der Waals surface area contributed by atoms with Crippen molar-refractivity contribution in [3.63, 3.8) is 0 Å². The van der Waals surface area contributed by atoms with E-state index in [-0.39, 0.29) is 29.0 Å². The van der Waals surface area contributed by atoms with Crippen LogP contribution in [0.5, 0.6) is 0 Å². The number of ether oxygens (including phenoxy) is 1. The third kappa shape index (κ3) is 4.64. The van der Waals surface area contributed by atoms with Crippen LogP contribution in [0.4, 0.5) is 0 Å². The summed E-state index contributed by atoms with van der Waals surface area (Å²) in [5, 5.41) is 11.3. The van der Waals surface area contributed by atoms with Crippen molar-refractivity contribution >= 4 is 35.1 Å². The van der Waals surface area contributed by atoms with E-state index >= 15 is 0 Å². The standard InChI is InChI=1S/C9H10Cl2N2O4/c10-5-3-6(13-8(5)11)9(16)12-1-2-17-4-7(14)15/h3,13H,1-2,4H2,(H,12,16)(H,14,15). The summed E-state index contributed by atoms with van der Waals surface area (Å²) in [6.07, 6.45) is 0. The normalized spacial score (nSPS) is 10.2. The molecular formula is C9H10Cl2N2O4. The van der Waals surface area contributed by atoms with E-state index in [1.165, 1.54) is 6.07 Å². The molecule has 0 fully saturated rings. The van der Waals surface area contributed by atoms with Gasteiger partial charge in [-0.15, -0.1) is 0 Å². The highest BCUT2D eigenvalue weighted by atomic mass is 35.5. The van der Waals surface area contributed by atoms with Crippen molar-refractivity contribution in [1.82, 2.24) is 10.3 Å². The number of rotatable bonds is 6. The lowest BCUT2D eigenvalue weighted by atomic mass is 10.4. The van der Waals surface area contributed by atoms with Gasteiger partial charge in [0.1, 0.15) is 17.5 Å². The molecule has 0 bridgehead atoms. The summed E-state index contributed by atoms with van der Waals surface area (Å²) in [5.74, 6) is -1.45. The Bertz CT molecular complexity index is 400. The number of aliphatic carboxylic acids is 1. The second kappa shape index (κ2) is 6.48. The van der Waals surface area contributed by atoms with Crippen molar-refractivity contribution in [2.24, 2.45) is 0 Å². The maximum absolute atomic E-state index is 11.5. The number of H-pyrrole nitrogens is 1. The molecule has 1 rings (SSSR count). The van der Waals surface area contributed by atoms with Gasteiger partial charge in [-0.2, -0.15) is 0 Å².